The summed E-state index contributed by atoms with van der Waals surface area (Å²) in [5.74, 6) is 0.211. The predicted octanol–water partition coefficient (Wildman–Crippen LogP) is 3.29. The molecule has 0 aliphatic heterocycles. The van der Waals surface area contributed by atoms with E-state index >= 15 is 0 Å². The first-order valence-corrected chi connectivity index (χ1v) is 6.29. The van der Waals surface area contributed by atoms with Crippen molar-refractivity contribution in [2.45, 2.75) is 65.7 Å². The zero-order valence-electron chi connectivity index (χ0n) is 10.6. The topological polar surface area (TPSA) is 43.1 Å². The molecule has 0 aromatic rings. The summed E-state index contributed by atoms with van der Waals surface area (Å²) >= 11 is 0. The van der Waals surface area contributed by atoms with Crippen molar-refractivity contribution in [3.63, 3.8) is 0 Å². The molecule has 15 heavy (non-hydrogen) atoms. The Morgan fingerprint density at radius 1 is 1.13 bits per heavy atom. The quantitative estimate of drug-likeness (QED) is 0.597. The van der Waals surface area contributed by atoms with Crippen LogP contribution in [0, 0.1) is 5.41 Å². The van der Waals surface area contributed by atoms with Gasteiger partial charge in [0.25, 0.3) is 0 Å². The van der Waals surface area contributed by atoms with E-state index < -0.39 is 0 Å². The summed E-state index contributed by atoms with van der Waals surface area (Å²) in [6.45, 7) is 6.83. The molecule has 0 fully saturated rings. The molecular weight excluding hydrogens is 186 g/mol. The Kier molecular flexibility index (Phi) is 7.67. The standard InChI is InChI=1S/C13H27NO/c1-4-6-7-9-13(3,8-5-2)10-12(15)11-14/h4-11,14H2,1-3H3. The molecule has 2 N–H and O–H groups in total. The van der Waals surface area contributed by atoms with Crippen LogP contribution in [0.25, 0.3) is 0 Å². The average Bonchev–Trinajstić information content (AvgIpc) is 2.18. The molecule has 0 heterocycles. The fraction of sp³-hybridized carbons (Fsp3) is 0.923. The van der Waals surface area contributed by atoms with Gasteiger partial charge in [0.1, 0.15) is 5.78 Å². The van der Waals surface area contributed by atoms with E-state index in [0.29, 0.717) is 6.42 Å². The third-order valence-electron chi connectivity index (χ3n) is 3.09. The highest BCUT2D eigenvalue weighted by atomic mass is 16.1. The van der Waals surface area contributed by atoms with Gasteiger partial charge in [-0.05, 0) is 18.3 Å². The van der Waals surface area contributed by atoms with Crippen LogP contribution in [0.3, 0.4) is 0 Å². The highest BCUT2D eigenvalue weighted by Crippen LogP contribution is 2.33. The van der Waals surface area contributed by atoms with Crippen LogP contribution in [-0.4, -0.2) is 12.3 Å². The molecule has 0 radical (unpaired) electrons. The maximum absolute atomic E-state index is 11.4. The molecule has 0 aromatic heterocycles. The number of unbranched alkanes of at least 4 members (excludes halogenated alkanes) is 2. The first-order chi connectivity index (χ1) is 7.08. The van der Waals surface area contributed by atoms with Gasteiger partial charge in [0.15, 0.2) is 0 Å². The Morgan fingerprint density at radius 2 is 1.80 bits per heavy atom. The maximum atomic E-state index is 11.4. The van der Waals surface area contributed by atoms with Gasteiger partial charge in [-0.15, -0.1) is 0 Å². The molecule has 1 atom stereocenters. The van der Waals surface area contributed by atoms with E-state index in [0.717, 1.165) is 12.8 Å². The van der Waals surface area contributed by atoms with Gasteiger partial charge in [-0.3, -0.25) is 4.79 Å². The second-order valence-corrected chi connectivity index (χ2v) is 4.94. The molecule has 0 saturated heterocycles. The number of hydrogen-bond donors (Lipinski definition) is 1. The van der Waals surface area contributed by atoms with Gasteiger partial charge in [-0.25, -0.2) is 0 Å². The average molecular weight is 213 g/mol. The molecule has 1 unspecified atom stereocenters. The van der Waals surface area contributed by atoms with Gasteiger partial charge in [-0.2, -0.15) is 0 Å². The number of carbonyl (C=O) groups excluding carboxylic acids is 1. The zero-order chi connectivity index (χ0) is 11.7. The Morgan fingerprint density at radius 3 is 2.27 bits per heavy atom. The van der Waals surface area contributed by atoms with E-state index in [4.69, 9.17) is 5.73 Å². The molecule has 0 amide bonds. The number of nitrogens with two attached hydrogens (primary N) is 1. The monoisotopic (exact) mass is 213 g/mol. The maximum Gasteiger partial charge on any atom is 0.146 e. The lowest BCUT2D eigenvalue weighted by atomic mass is 9.76. The molecule has 0 aromatic carbocycles. The molecule has 0 aliphatic carbocycles. The number of Topliss-reactive ketones (excluding diaryl/α,β-unsaturated/α-hetero) is 1. The lowest BCUT2D eigenvalue weighted by Gasteiger charge is -2.28. The van der Waals surface area contributed by atoms with Gasteiger partial charge in [0.2, 0.25) is 0 Å². The third kappa shape index (κ3) is 6.67. The Labute approximate surface area is 94.6 Å². The van der Waals surface area contributed by atoms with E-state index in [2.05, 4.69) is 20.8 Å². The van der Waals surface area contributed by atoms with Gasteiger partial charge >= 0.3 is 0 Å². The molecule has 0 bridgehead atoms. The second-order valence-electron chi connectivity index (χ2n) is 4.94. The highest BCUT2D eigenvalue weighted by molar-refractivity contribution is 5.80. The molecule has 0 rings (SSSR count). The number of rotatable bonds is 9. The highest BCUT2D eigenvalue weighted by Gasteiger charge is 2.25. The van der Waals surface area contributed by atoms with Crippen molar-refractivity contribution < 1.29 is 4.79 Å². The fourth-order valence-corrected chi connectivity index (χ4v) is 2.26. The zero-order valence-corrected chi connectivity index (χ0v) is 10.6. The smallest absolute Gasteiger partial charge is 0.146 e. The Hall–Kier alpha value is -0.370. The van der Waals surface area contributed by atoms with Gasteiger partial charge in [0.05, 0.1) is 6.54 Å². The third-order valence-corrected chi connectivity index (χ3v) is 3.09. The van der Waals surface area contributed by atoms with Crippen molar-refractivity contribution in [3.8, 4) is 0 Å². The summed E-state index contributed by atoms with van der Waals surface area (Å²) in [5.41, 5.74) is 5.58. The van der Waals surface area contributed by atoms with Crippen LogP contribution in [-0.2, 0) is 4.79 Å². The van der Waals surface area contributed by atoms with Crippen LogP contribution >= 0.6 is 0 Å². The van der Waals surface area contributed by atoms with E-state index in [1.54, 1.807) is 0 Å². The molecule has 90 valence electrons. The fourth-order valence-electron chi connectivity index (χ4n) is 2.26. The summed E-state index contributed by atoms with van der Waals surface area (Å²) in [7, 11) is 0. The predicted molar refractivity (Wildman–Crippen MR) is 65.8 cm³/mol. The van der Waals surface area contributed by atoms with Crippen molar-refractivity contribution >= 4 is 5.78 Å². The molecular formula is C13H27NO. The van der Waals surface area contributed by atoms with Crippen molar-refractivity contribution in [1.29, 1.82) is 0 Å². The van der Waals surface area contributed by atoms with Crippen molar-refractivity contribution in [3.05, 3.63) is 0 Å². The molecule has 0 aliphatic rings. The van der Waals surface area contributed by atoms with Gasteiger partial charge < -0.3 is 5.73 Å². The second kappa shape index (κ2) is 7.86. The van der Waals surface area contributed by atoms with Crippen LogP contribution in [0.1, 0.15) is 65.7 Å². The van der Waals surface area contributed by atoms with Crippen LogP contribution in [0.5, 0.6) is 0 Å². The largest absolute Gasteiger partial charge is 0.324 e. The minimum Gasteiger partial charge on any atom is -0.324 e. The van der Waals surface area contributed by atoms with Crippen molar-refractivity contribution in [2.75, 3.05) is 6.54 Å². The van der Waals surface area contributed by atoms with E-state index in [1.807, 2.05) is 0 Å². The van der Waals surface area contributed by atoms with E-state index in [9.17, 15) is 4.79 Å². The minimum atomic E-state index is 0.195. The minimum absolute atomic E-state index is 0.195. The van der Waals surface area contributed by atoms with Crippen LogP contribution < -0.4 is 5.73 Å². The van der Waals surface area contributed by atoms with Crippen LogP contribution in [0.15, 0.2) is 0 Å². The summed E-state index contributed by atoms with van der Waals surface area (Å²) in [5, 5.41) is 0. The van der Waals surface area contributed by atoms with Crippen molar-refractivity contribution in [2.24, 2.45) is 11.1 Å². The first kappa shape index (κ1) is 14.6. The Bertz CT molecular complexity index is 179. The Balaban J connectivity index is 4.11. The molecule has 2 heteroatoms. The van der Waals surface area contributed by atoms with Crippen LogP contribution in [0.2, 0.25) is 0 Å². The summed E-state index contributed by atoms with van der Waals surface area (Å²) in [4.78, 5) is 11.4. The molecule has 2 nitrogen and oxygen atoms in total. The van der Waals surface area contributed by atoms with E-state index in [-0.39, 0.29) is 17.7 Å². The molecule has 0 saturated carbocycles. The number of ketones is 1. The lowest BCUT2D eigenvalue weighted by Crippen LogP contribution is -2.25. The first-order valence-electron chi connectivity index (χ1n) is 6.29. The summed E-state index contributed by atoms with van der Waals surface area (Å²) in [6.07, 6.45) is 7.89. The van der Waals surface area contributed by atoms with Gasteiger partial charge in [-0.1, -0.05) is 46.5 Å². The number of carbonyl (C=O) groups is 1. The normalized spacial score (nSPS) is 14.9. The number of hydrogen-bond acceptors (Lipinski definition) is 2. The van der Waals surface area contributed by atoms with E-state index in [1.165, 1.54) is 25.7 Å². The van der Waals surface area contributed by atoms with Gasteiger partial charge in [0, 0.05) is 6.42 Å². The summed E-state index contributed by atoms with van der Waals surface area (Å²) < 4.78 is 0. The molecule has 0 spiro atoms. The summed E-state index contributed by atoms with van der Waals surface area (Å²) in [6, 6.07) is 0. The lowest BCUT2D eigenvalue weighted by molar-refractivity contribution is -0.120. The van der Waals surface area contributed by atoms with Crippen LogP contribution in [0.4, 0.5) is 0 Å². The SMILES string of the molecule is CCCCCC(C)(CCC)CC(=O)CN. The van der Waals surface area contributed by atoms with Crippen molar-refractivity contribution in [1.82, 2.24) is 0 Å².